The maximum Gasteiger partial charge on any atom is 0.341 e. The van der Waals surface area contributed by atoms with E-state index in [-0.39, 0.29) is 17.0 Å². The third kappa shape index (κ3) is 3.53. The van der Waals surface area contributed by atoms with Crippen molar-refractivity contribution in [1.82, 2.24) is 9.55 Å². The summed E-state index contributed by atoms with van der Waals surface area (Å²) in [5, 5.41) is 9.34. The van der Waals surface area contributed by atoms with Gasteiger partial charge in [-0.2, -0.15) is 0 Å². The van der Waals surface area contributed by atoms with Crippen LogP contribution in [0.5, 0.6) is 0 Å². The molecule has 1 N–H and O–H groups in total. The van der Waals surface area contributed by atoms with Crippen LogP contribution < -0.4 is 10.3 Å². The van der Waals surface area contributed by atoms with Crippen LogP contribution in [0.1, 0.15) is 35.8 Å². The Bertz CT molecular complexity index is 1060. The first-order chi connectivity index (χ1) is 12.8. The minimum Gasteiger partial charge on any atom is -0.477 e. The van der Waals surface area contributed by atoms with E-state index in [0.717, 1.165) is 11.6 Å². The monoisotopic (exact) mass is 369 g/mol. The maximum absolute atomic E-state index is 14.8. The van der Waals surface area contributed by atoms with Crippen molar-refractivity contribution in [2.24, 2.45) is 0 Å². The minimum atomic E-state index is -1.32. The quantitative estimate of drug-likeness (QED) is 0.745. The van der Waals surface area contributed by atoms with Gasteiger partial charge in [-0.05, 0) is 37.6 Å². The van der Waals surface area contributed by atoms with Gasteiger partial charge in [0.05, 0.1) is 11.2 Å². The molecule has 0 radical (unpaired) electrons. The maximum atomic E-state index is 14.8. The molecule has 0 aliphatic heterocycles. The number of aromatic carboxylic acids is 1. The van der Waals surface area contributed by atoms with Gasteiger partial charge in [-0.1, -0.05) is 6.07 Å². The number of rotatable bonds is 5. The predicted molar refractivity (Wildman–Crippen MR) is 102 cm³/mol. The summed E-state index contributed by atoms with van der Waals surface area (Å²) in [7, 11) is 1.75. The van der Waals surface area contributed by atoms with E-state index >= 15 is 0 Å². The number of hydrogen-bond acceptors (Lipinski definition) is 4. The molecule has 140 valence electrons. The summed E-state index contributed by atoms with van der Waals surface area (Å²) in [6, 6.07) is 6.31. The van der Waals surface area contributed by atoms with E-state index in [1.54, 1.807) is 35.0 Å². The number of carboxylic acids is 1. The van der Waals surface area contributed by atoms with Crippen LogP contribution in [0.15, 0.2) is 47.7 Å². The lowest BCUT2D eigenvalue weighted by Gasteiger charge is -2.22. The largest absolute Gasteiger partial charge is 0.477 e. The SMILES string of the molecule is CC(C)n1cc(C(=O)O)c(=O)c2cc(F)c(N(C)Cc3cccnc3)cc21. The highest BCUT2D eigenvalue weighted by atomic mass is 19.1. The Kier molecular flexibility index (Phi) is 4.94. The Morgan fingerprint density at radius 1 is 1.37 bits per heavy atom. The Balaban J connectivity index is 2.18. The molecule has 0 aliphatic rings. The zero-order valence-electron chi connectivity index (χ0n) is 15.3. The second-order valence-electron chi connectivity index (χ2n) is 6.72. The van der Waals surface area contributed by atoms with Gasteiger partial charge in [0.25, 0.3) is 0 Å². The molecular formula is C20H20FN3O3. The van der Waals surface area contributed by atoms with E-state index in [1.807, 2.05) is 26.0 Å². The average Bonchev–Trinajstić information content (AvgIpc) is 2.62. The van der Waals surface area contributed by atoms with Gasteiger partial charge in [0.15, 0.2) is 0 Å². The highest BCUT2D eigenvalue weighted by Crippen LogP contribution is 2.27. The number of pyridine rings is 2. The van der Waals surface area contributed by atoms with Gasteiger partial charge in [-0.25, -0.2) is 9.18 Å². The van der Waals surface area contributed by atoms with Crippen molar-refractivity contribution in [3.63, 3.8) is 0 Å². The van der Waals surface area contributed by atoms with Gasteiger partial charge in [0.2, 0.25) is 5.43 Å². The Morgan fingerprint density at radius 2 is 2.11 bits per heavy atom. The molecule has 0 aliphatic carbocycles. The lowest BCUT2D eigenvalue weighted by Crippen LogP contribution is -2.22. The van der Waals surface area contributed by atoms with Gasteiger partial charge >= 0.3 is 5.97 Å². The number of benzene rings is 1. The summed E-state index contributed by atoms with van der Waals surface area (Å²) in [6.07, 6.45) is 4.70. The van der Waals surface area contributed by atoms with E-state index in [9.17, 15) is 19.1 Å². The van der Waals surface area contributed by atoms with E-state index in [2.05, 4.69) is 4.98 Å². The van der Waals surface area contributed by atoms with Crippen LogP contribution >= 0.6 is 0 Å². The fourth-order valence-corrected chi connectivity index (χ4v) is 3.08. The Morgan fingerprint density at radius 3 is 2.70 bits per heavy atom. The molecule has 0 amide bonds. The molecule has 0 atom stereocenters. The summed E-state index contributed by atoms with van der Waals surface area (Å²) in [4.78, 5) is 29.7. The molecule has 0 bridgehead atoms. The molecule has 0 fully saturated rings. The first kappa shape index (κ1) is 18.6. The number of halogens is 1. The number of anilines is 1. The molecule has 6 nitrogen and oxygen atoms in total. The molecule has 7 heteroatoms. The van der Waals surface area contributed by atoms with Crippen molar-refractivity contribution in [3.8, 4) is 0 Å². The zero-order chi connectivity index (χ0) is 19.7. The molecule has 2 aromatic heterocycles. The van der Waals surface area contributed by atoms with Gasteiger partial charge in [0.1, 0.15) is 11.4 Å². The fraction of sp³-hybridized carbons (Fsp3) is 0.250. The number of carboxylic acid groups (broad SMARTS) is 1. The first-order valence-electron chi connectivity index (χ1n) is 8.51. The lowest BCUT2D eigenvalue weighted by molar-refractivity contribution is 0.0694. The molecule has 0 unspecified atom stereocenters. The molecular weight excluding hydrogens is 349 g/mol. The van der Waals surface area contributed by atoms with Crippen molar-refractivity contribution >= 4 is 22.6 Å². The van der Waals surface area contributed by atoms with Crippen LogP contribution in [0, 0.1) is 5.82 Å². The number of fused-ring (bicyclic) bond motifs is 1. The fourth-order valence-electron chi connectivity index (χ4n) is 3.08. The Hall–Kier alpha value is -3.22. The third-order valence-electron chi connectivity index (χ3n) is 4.44. The van der Waals surface area contributed by atoms with Crippen molar-refractivity contribution in [3.05, 3.63) is 70.0 Å². The normalized spacial score (nSPS) is 11.1. The third-order valence-corrected chi connectivity index (χ3v) is 4.44. The van der Waals surface area contributed by atoms with Crippen molar-refractivity contribution in [2.75, 3.05) is 11.9 Å². The van der Waals surface area contributed by atoms with Crippen LogP contribution in [-0.4, -0.2) is 27.7 Å². The summed E-state index contributed by atoms with van der Waals surface area (Å²) in [6.45, 7) is 4.19. The van der Waals surface area contributed by atoms with Gasteiger partial charge < -0.3 is 14.6 Å². The average molecular weight is 369 g/mol. The molecule has 0 spiro atoms. The van der Waals surface area contributed by atoms with Crippen LogP contribution in [0.3, 0.4) is 0 Å². The number of nitrogens with zero attached hydrogens (tertiary/aromatic N) is 3. The number of aromatic nitrogens is 2. The van der Waals surface area contributed by atoms with E-state index < -0.39 is 17.2 Å². The van der Waals surface area contributed by atoms with Gasteiger partial charge in [-0.3, -0.25) is 9.78 Å². The molecule has 3 aromatic rings. The molecule has 3 rings (SSSR count). The summed E-state index contributed by atoms with van der Waals surface area (Å²) in [5.74, 6) is -1.90. The van der Waals surface area contributed by atoms with E-state index in [4.69, 9.17) is 0 Å². The second-order valence-corrected chi connectivity index (χ2v) is 6.72. The highest BCUT2D eigenvalue weighted by molar-refractivity contribution is 5.93. The summed E-state index contributed by atoms with van der Waals surface area (Å²) >= 11 is 0. The predicted octanol–water partition coefficient (Wildman–Crippen LogP) is 3.45. The van der Waals surface area contributed by atoms with Crippen molar-refractivity contribution < 1.29 is 14.3 Å². The molecule has 0 saturated carbocycles. The first-order valence-corrected chi connectivity index (χ1v) is 8.51. The van der Waals surface area contributed by atoms with Crippen molar-refractivity contribution in [2.45, 2.75) is 26.4 Å². The standard InChI is InChI=1S/C20H20FN3O3/c1-12(2)24-11-15(20(26)27)19(25)14-7-16(21)18(8-17(14)24)23(3)10-13-5-4-6-22-9-13/h4-9,11-12H,10H2,1-3H3,(H,26,27). The molecule has 27 heavy (non-hydrogen) atoms. The van der Waals surface area contributed by atoms with Crippen LogP contribution in [0.25, 0.3) is 10.9 Å². The Labute approximate surface area is 155 Å². The van der Waals surface area contributed by atoms with Gasteiger partial charge in [-0.15, -0.1) is 0 Å². The van der Waals surface area contributed by atoms with Gasteiger partial charge in [0, 0.05) is 43.6 Å². The zero-order valence-corrected chi connectivity index (χ0v) is 15.3. The van der Waals surface area contributed by atoms with Crippen LogP contribution in [-0.2, 0) is 6.54 Å². The van der Waals surface area contributed by atoms with Crippen LogP contribution in [0.4, 0.5) is 10.1 Å². The topological polar surface area (TPSA) is 75.4 Å². The molecule has 1 aromatic carbocycles. The van der Waals surface area contributed by atoms with Crippen molar-refractivity contribution in [1.29, 1.82) is 0 Å². The second kappa shape index (κ2) is 7.19. The molecule has 0 saturated heterocycles. The van der Waals surface area contributed by atoms with E-state index in [0.29, 0.717) is 17.7 Å². The minimum absolute atomic E-state index is 0.0552. The smallest absolute Gasteiger partial charge is 0.341 e. The highest BCUT2D eigenvalue weighted by Gasteiger charge is 2.19. The lowest BCUT2D eigenvalue weighted by atomic mass is 10.1. The number of carbonyl (C=O) groups is 1. The van der Waals surface area contributed by atoms with E-state index in [1.165, 1.54) is 6.20 Å². The van der Waals surface area contributed by atoms with Crippen LogP contribution in [0.2, 0.25) is 0 Å². The molecule has 2 heterocycles. The number of hydrogen-bond donors (Lipinski definition) is 1. The summed E-state index contributed by atoms with van der Waals surface area (Å²) in [5.41, 5.74) is 0.682. The summed E-state index contributed by atoms with van der Waals surface area (Å²) < 4.78 is 16.4.